The quantitative estimate of drug-likeness (QED) is 0.807. The Morgan fingerprint density at radius 3 is 2.90 bits per heavy atom. The van der Waals surface area contributed by atoms with Crippen LogP contribution in [0.1, 0.15) is 0 Å². The van der Waals surface area contributed by atoms with Gasteiger partial charge < -0.3 is 15.2 Å². The van der Waals surface area contributed by atoms with Crippen LogP contribution in [-0.4, -0.2) is 47.1 Å². The van der Waals surface area contributed by atoms with E-state index in [2.05, 4.69) is 15.5 Å². The number of hydrogen-bond donors (Lipinski definition) is 1. The van der Waals surface area contributed by atoms with Gasteiger partial charge in [-0.3, -0.25) is 0 Å². The number of methoxy groups -OCH3 is 2. The number of aromatic nitrogens is 4. The number of ether oxygens (including phenoxy) is 2. The number of nitrogen functional groups attached to an aromatic ring is 1. The van der Waals surface area contributed by atoms with Gasteiger partial charge in [0.15, 0.2) is 5.82 Å². The Morgan fingerprint density at radius 1 is 1.40 bits per heavy atom. The van der Waals surface area contributed by atoms with Crippen LogP contribution in [0.3, 0.4) is 0 Å². The van der Waals surface area contributed by atoms with Crippen LogP contribution in [0, 0.1) is 0 Å². The van der Waals surface area contributed by atoms with Crippen LogP contribution < -0.4 is 5.73 Å². The van der Waals surface area contributed by atoms with E-state index in [1.807, 2.05) is 6.07 Å². The predicted octanol–water partition coefficient (Wildman–Crippen LogP) is 1.24. The maximum Gasteiger partial charge on any atom is 0.183 e. The van der Waals surface area contributed by atoms with E-state index in [0.717, 1.165) is 0 Å². The molecule has 0 bridgehead atoms. The van der Waals surface area contributed by atoms with Gasteiger partial charge in [0.05, 0.1) is 23.9 Å². The average Bonchev–Trinajstić information content (AvgIpc) is 2.89. The highest BCUT2D eigenvalue weighted by Crippen LogP contribution is 2.30. The van der Waals surface area contributed by atoms with Crippen molar-refractivity contribution in [2.24, 2.45) is 0 Å². The molecule has 0 radical (unpaired) electrons. The minimum absolute atomic E-state index is 0.151. The van der Waals surface area contributed by atoms with E-state index in [1.54, 1.807) is 31.0 Å². The molecule has 0 aliphatic carbocycles. The molecule has 108 valence electrons. The zero-order valence-corrected chi connectivity index (χ0v) is 12.0. The lowest BCUT2D eigenvalue weighted by Gasteiger charge is -2.15. The second-order valence-electron chi connectivity index (χ2n) is 4.21. The molecule has 1 heterocycles. The second-order valence-corrected chi connectivity index (χ2v) is 4.58. The second kappa shape index (κ2) is 6.65. The molecule has 0 saturated heterocycles. The molecule has 2 rings (SSSR count). The Morgan fingerprint density at radius 2 is 2.20 bits per heavy atom. The molecule has 0 spiro atoms. The number of benzene rings is 1. The van der Waals surface area contributed by atoms with Crippen LogP contribution in [-0.2, 0) is 16.0 Å². The van der Waals surface area contributed by atoms with Crippen LogP contribution >= 0.6 is 11.6 Å². The maximum atomic E-state index is 6.20. The molecule has 20 heavy (non-hydrogen) atoms. The first-order chi connectivity index (χ1) is 9.67. The Hall–Kier alpha value is -1.70. The zero-order chi connectivity index (χ0) is 14.5. The highest BCUT2D eigenvalue weighted by Gasteiger charge is 2.17. The van der Waals surface area contributed by atoms with E-state index in [9.17, 15) is 0 Å². The van der Waals surface area contributed by atoms with Crippen molar-refractivity contribution < 1.29 is 9.47 Å². The first-order valence-corrected chi connectivity index (χ1v) is 6.37. The van der Waals surface area contributed by atoms with E-state index in [1.165, 1.54) is 0 Å². The molecule has 0 aliphatic heterocycles. The number of halogens is 1. The number of nitrogens with zero attached hydrogens (tertiary/aromatic N) is 4. The summed E-state index contributed by atoms with van der Waals surface area (Å²) in [6, 6.07) is 5.35. The van der Waals surface area contributed by atoms with Gasteiger partial charge in [0.2, 0.25) is 0 Å². The molecule has 7 nitrogen and oxygen atoms in total. The molecule has 0 amide bonds. The molecule has 1 atom stereocenters. The summed E-state index contributed by atoms with van der Waals surface area (Å²) in [5.41, 5.74) is 6.97. The topological polar surface area (TPSA) is 88.1 Å². The number of tetrazole rings is 1. The number of rotatable bonds is 6. The summed E-state index contributed by atoms with van der Waals surface area (Å²) in [6.45, 7) is 0.901. The van der Waals surface area contributed by atoms with Crippen molar-refractivity contribution in [3.05, 3.63) is 23.2 Å². The smallest absolute Gasteiger partial charge is 0.183 e. The Kier molecular flexibility index (Phi) is 4.89. The van der Waals surface area contributed by atoms with Gasteiger partial charge in [0.1, 0.15) is 6.10 Å². The fourth-order valence-electron chi connectivity index (χ4n) is 1.82. The highest BCUT2D eigenvalue weighted by atomic mass is 35.5. The van der Waals surface area contributed by atoms with Crippen LogP contribution in [0.5, 0.6) is 0 Å². The normalized spacial score (nSPS) is 12.6. The molecule has 0 saturated carbocycles. The molecule has 8 heteroatoms. The summed E-state index contributed by atoms with van der Waals surface area (Å²) < 4.78 is 12.0. The van der Waals surface area contributed by atoms with Crippen molar-refractivity contribution in [1.82, 2.24) is 20.2 Å². The molecule has 1 unspecified atom stereocenters. The average molecular weight is 298 g/mol. The first kappa shape index (κ1) is 14.7. The maximum absolute atomic E-state index is 6.20. The van der Waals surface area contributed by atoms with Gasteiger partial charge in [-0.2, -0.15) is 0 Å². The van der Waals surface area contributed by atoms with Crippen LogP contribution in [0.15, 0.2) is 18.2 Å². The fourth-order valence-corrected chi connectivity index (χ4v) is 2.03. The molecular weight excluding hydrogens is 282 g/mol. The lowest BCUT2D eigenvalue weighted by molar-refractivity contribution is 0.0163. The fraction of sp³-hybridized carbons (Fsp3) is 0.417. The van der Waals surface area contributed by atoms with Gasteiger partial charge in [-0.15, -0.1) is 5.10 Å². The predicted molar refractivity (Wildman–Crippen MR) is 75.3 cm³/mol. The lowest BCUT2D eigenvalue weighted by Crippen LogP contribution is -2.25. The van der Waals surface area contributed by atoms with Gasteiger partial charge in [0, 0.05) is 19.8 Å². The molecule has 0 aliphatic rings. The van der Waals surface area contributed by atoms with Gasteiger partial charge in [-0.25, -0.2) is 4.68 Å². The monoisotopic (exact) mass is 297 g/mol. The summed E-state index contributed by atoms with van der Waals surface area (Å²) in [7, 11) is 3.22. The molecule has 0 fully saturated rings. The van der Waals surface area contributed by atoms with Gasteiger partial charge >= 0.3 is 0 Å². The van der Waals surface area contributed by atoms with Gasteiger partial charge in [-0.1, -0.05) is 17.7 Å². The Labute approximate surface area is 121 Å². The van der Waals surface area contributed by atoms with E-state index in [4.69, 9.17) is 26.8 Å². The summed E-state index contributed by atoms with van der Waals surface area (Å²) in [5, 5.41) is 12.1. The van der Waals surface area contributed by atoms with E-state index in [-0.39, 0.29) is 6.10 Å². The number of nitrogens with two attached hydrogens (primary N) is 1. The van der Waals surface area contributed by atoms with Crippen LogP contribution in [0.4, 0.5) is 5.69 Å². The minimum Gasteiger partial charge on any atom is -0.398 e. The minimum atomic E-state index is -0.151. The number of hydrogen-bond acceptors (Lipinski definition) is 6. The van der Waals surface area contributed by atoms with Crippen molar-refractivity contribution in [3.63, 3.8) is 0 Å². The lowest BCUT2D eigenvalue weighted by atomic mass is 10.2. The standard InChI is InChI=1S/C12H16ClN5O2/c1-19-7-8(20-2)6-18-12(15-16-17-18)9-4-3-5-10(14)11(9)13/h3-5,8H,6-7,14H2,1-2H3. The Bertz CT molecular complexity index is 575. The zero-order valence-electron chi connectivity index (χ0n) is 11.3. The van der Waals surface area contributed by atoms with Gasteiger partial charge in [0.25, 0.3) is 0 Å². The van der Waals surface area contributed by atoms with Crippen molar-refractivity contribution in [2.45, 2.75) is 12.6 Å². The summed E-state index contributed by atoms with van der Waals surface area (Å²) in [4.78, 5) is 0. The van der Waals surface area contributed by atoms with Crippen molar-refractivity contribution in [2.75, 3.05) is 26.6 Å². The largest absolute Gasteiger partial charge is 0.398 e. The van der Waals surface area contributed by atoms with Crippen molar-refractivity contribution >= 4 is 17.3 Å². The van der Waals surface area contributed by atoms with E-state index >= 15 is 0 Å². The molecular formula is C12H16ClN5O2. The molecule has 1 aromatic carbocycles. The summed E-state index contributed by atoms with van der Waals surface area (Å²) in [6.07, 6.45) is -0.151. The third kappa shape index (κ3) is 3.06. The van der Waals surface area contributed by atoms with Crippen LogP contribution in [0.25, 0.3) is 11.4 Å². The van der Waals surface area contributed by atoms with Crippen molar-refractivity contribution in [3.8, 4) is 11.4 Å². The first-order valence-electron chi connectivity index (χ1n) is 5.99. The van der Waals surface area contributed by atoms with Crippen LogP contribution in [0.2, 0.25) is 5.02 Å². The van der Waals surface area contributed by atoms with Gasteiger partial charge in [-0.05, 0) is 22.6 Å². The number of anilines is 1. The Balaban J connectivity index is 2.30. The molecule has 2 N–H and O–H groups in total. The SMILES string of the molecule is COCC(Cn1nnnc1-c1cccc(N)c1Cl)OC. The summed E-state index contributed by atoms with van der Waals surface area (Å²) in [5.74, 6) is 0.542. The summed E-state index contributed by atoms with van der Waals surface area (Å²) >= 11 is 6.20. The van der Waals surface area contributed by atoms with E-state index in [0.29, 0.717) is 35.2 Å². The van der Waals surface area contributed by atoms with E-state index < -0.39 is 0 Å². The third-order valence-electron chi connectivity index (χ3n) is 2.86. The molecule has 2 aromatic rings. The third-order valence-corrected chi connectivity index (χ3v) is 3.29. The highest BCUT2D eigenvalue weighted by molar-refractivity contribution is 6.35. The molecule has 1 aromatic heterocycles. The van der Waals surface area contributed by atoms with Crippen molar-refractivity contribution in [1.29, 1.82) is 0 Å².